The van der Waals surface area contributed by atoms with Crippen molar-refractivity contribution < 1.29 is 9.53 Å². The molecule has 1 aliphatic carbocycles. The van der Waals surface area contributed by atoms with E-state index in [1.54, 1.807) is 0 Å². The van der Waals surface area contributed by atoms with E-state index in [2.05, 4.69) is 9.97 Å². The van der Waals surface area contributed by atoms with Gasteiger partial charge in [0, 0.05) is 36.8 Å². The number of rotatable bonds is 2. The summed E-state index contributed by atoms with van der Waals surface area (Å²) in [6, 6.07) is 0. The molecule has 0 bridgehead atoms. The quantitative estimate of drug-likeness (QED) is 0.862. The van der Waals surface area contributed by atoms with Gasteiger partial charge in [0.2, 0.25) is 0 Å². The van der Waals surface area contributed by atoms with Crippen LogP contribution in [-0.4, -0.2) is 39.7 Å². The third kappa shape index (κ3) is 4.31. The number of piperidine rings is 1. The number of aromatic nitrogens is 2. The van der Waals surface area contributed by atoms with Gasteiger partial charge in [-0.15, -0.1) is 0 Å². The minimum Gasteiger partial charge on any atom is -0.444 e. The highest BCUT2D eigenvalue weighted by atomic mass is 16.6. The molecule has 5 heteroatoms. The standard InChI is InChI=1S/C19H31N3O2/c1-19(2,3)24-18(23)22-11-9-15(10-12-22)17-20-13-16(21-17)14-7-5-4-6-8-14/h13-15H,4-12H2,1-3H3,(H,20,21). The van der Waals surface area contributed by atoms with Crippen LogP contribution >= 0.6 is 0 Å². The van der Waals surface area contributed by atoms with Crippen LogP contribution in [0.5, 0.6) is 0 Å². The minimum atomic E-state index is -0.427. The Morgan fingerprint density at radius 3 is 2.42 bits per heavy atom. The molecule has 2 aliphatic rings. The number of carbonyl (C=O) groups excluding carboxylic acids is 1. The van der Waals surface area contributed by atoms with Crippen molar-refractivity contribution in [1.82, 2.24) is 14.9 Å². The molecule has 1 saturated heterocycles. The first-order valence-electron chi connectivity index (χ1n) is 9.45. The summed E-state index contributed by atoms with van der Waals surface area (Å²) < 4.78 is 5.47. The summed E-state index contributed by atoms with van der Waals surface area (Å²) in [6.07, 6.45) is 10.4. The first-order valence-corrected chi connectivity index (χ1v) is 9.45. The molecule has 1 amide bonds. The minimum absolute atomic E-state index is 0.191. The maximum Gasteiger partial charge on any atom is 0.410 e. The van der Waals surface area contributed by atoms with Crippen LogP contribution in [0.25, 0.3) is 0 Å². The Bertz CT molecular complexity index is 547. The van der Waals surface area contributed by atoms with Gasteiger partial charge >= 0.3 is 6.09 Å². The summed E-state index contributed by atoms with van der Waals surface area (Å²) in [5.41, 5.74) is 0.892. The zero-order chi connectivity index (χ0) is 17.2. The second-order valence-corrected chi connectivity index (χ2v) is 8.30. The lowest BCUT2D eigenvalue weighted by molar-refractivity contribution is 0.0203. The number of aromatic amines is 1. The van der Waals surface area contributed by atoms with Crippen molar-refractivity contribution in [2.24, 2.45) is 0 Å². The summed E-state index contributed by atoms with van der Waals surface area (Å²) in [5, 5.41) is 0. The molecule has 24 heavy (non-hydrogen) atoms. The van der Waals surface area contributed by atoms with Crippen LogP contribution in [0, 0.1) is 0 Å². The molecule has 0 radical (unpaired) electrons. The smallest absolute Gasteiger partial charge is 0.410 e. The normalized spacial score (nSPS) is 21.0. The SMILES string of the molecule is CC(C)(C)OC(=O)N1CCC(c2ncc(C3CCCCC3)[nH]2)CC1. The monoisotopic (exact) mass is 333 g/mol. The molecular weight excluding hydrogens is 302 g/mol. The van der Waals surface area contributed by atoms with Crippen molar-refractivity contribution in [2.75, 3.05) is 13.1 Å². The third-order valence-electron chi connectivity index (χ3n) is 5.19. The van der Waals surface area contributed by atoms with E-state index in [4.69, 9.17) is 4.74 Å². The number of imidazole rings is 1. The highest BCUT2D eigenvalue weighted by molar-refractivity contribution is 5.68. The van der Waals surface area contributed by atoms with Crippen LogP contribution in [0.4, 0.5) is 4.79 Å². The molecule has 2 fully saturated rings. The zero-order valence-corrected chi connectivity index (χ0v) is 15.3. The van der Waals surface area contributed by atoms with Crippen molar-refractivity contribution in [3.05, 3.63) is 17.7 Å². The number of nitrogens with zero attached hydrogens (tertiary/aromatic N) is 2. The summed E-state index contributed by atoms with van der Waals surface area (Å²) in [4.78, 5) is 22.2. The number of likely N-dealkylation sites (tertiary alicyclic amines) is 1. The molecule has 1 aliphatic heterocycles. The molecule has 0 atom stereocenters. The van der Waals surface area contributed by atoms with E-state index in [0.29, 0.717) is 11.8 Å². The topological polar surface area (TPSA) is 58.2 Å². The predicted octanol–water partition coefficient (Wildman–Crippen LogP) is 4.57. The Kier molecular flexibility index (Phi) is 5.16. The first kappa shape index (κ1) is 17.3. The molecule has 5 nitrogen and oxygen atoms in total. The predicted molar refractivity (Wildman–Crippen MR) is 94.2 cm³/mol. The molecule has 1 saturated carbocycles. The summed E-state index contributed by atoms with van der Waals surface area (Å²) in [6.45, 7) is 7.23. The van der Waals surface area contributed by atoms with Gasteiger partial charge < -0.3 is 14.6 Å². The number of carbonyl (C=O) groups is 1. The van der Waals surface area contributed by atoms with E-state index in [1.807, 2.05) is 31.9 Å². The molecule has 134 valence electrons. The molecule has 0 spiro atoms. The lowest BCUT2D eigenvalue weighted by Gasteiger charge is -2.32. The highest BCUT2D eigenvalue weighted by Gasteiger charge is 2.29. The Morgan fingerprint density at radius 1 is 1.12 bits per heavy atom. The molecule has 0 aromatic carbocycles. The molecule has 0 unspecified atom stereocenters. The Morgan fingerprint density at radius 2 is 1.79 bits per heavy atom. The fourth-order valence-electron chi connectivity index (χ4n) is 3.84. The highest BCUT2D eigenvalue weighted by Crippen LogP contribution is 2.33. The molecule has 1 aromatic heterocycles. The van der Waals surface area contributed by atoms with Gasteiger partial charge in [-0.2, -0.15) is 0 Å². The maximum atomic E-state index is 12.1. The Hall–Kier alpha value is -1.52. The Labute approximate surface area is 145 Å². The van der Waals surface area contributed by atoms with Crippen LogP contribution in [-0.2, 0) is 4.74 Å². The molecule has 3 rings (SSSR count). The van der Waals surface area contributed by atoms with E-state index in [0.717, 1.165) is 31.8 Å². The second kappa shape index (κ2) is 7.16. The maximum absolute atomic E-state index is 12.1. The number of H-pyrrole nitrogens is 1. The fourth-order valence-corrected chi connectivity index (χ4v) is 3.84. The van der Waals surface area contributed by atoms with E-state index in [1.165, 1.54) is 37.8 Å². The molecule has 1 aromatic rings. The second-order valence-electron chi connectivity index (χ2n) is 8.30. The van der Waals surface area contributed by atoms with E-state index < -0.39 is 5.60 Å². The molecular formula is C19H31N3O2. The zero-order valence-electron chi connectivity index (χ0n) is 15.3. The number of hydrogen-bond acceptors (Lipinski definition) is 3. The fraction of sp³-hybridized carbons (Fsp3) is 0.789. The average Bonchev–Trinajstić information content (AvgIpc) is 3.04. The van der Waals surface area contributed by atoms with Gasteiger partial charge in [-0.3, -0.25) is 0 Å². The average molecular weight is 333 g/mol. The van der Waals surface area contributed by atoms with Crippen molar-refractivity contribution >= 4 is 6.09 Å². The number of ether oxygens (including phenoxy) is 1. The summed E-state index contributed by atoms with van der Waals surface area (Å²) in [7, 11) is 0. The number of nitrogens with one attached hydrogen (secondary N) is 1. The van der Waals surface area contributed by atoms with E-state index >= 15 is 0 Å². The molecule has 1 N–H and O–H groups in total. The lowest BCUT2D eigenvalue weighted by atomic mass is 9.87. The Balaban J connectivity index is 1.53. The molecule has 2 heterocycles. The van der Waals surface area contributed by atoms with Crippen LogP contribution in [0.3, 0.4) is 0 Å². The van der Waals surface area contributed by atoms with Gasteiger partial charge in [0.15, 0.2) is 0 Å². The van der Waals surface area contributed by atoms with Crippen molar-refractivity contribution in [3.8, 4) is 0 Å². The van der Waals surface area contributed by atoms with Gasteiger partial charge in [0.05, 0.1) is 0 Å². The van der Waals surface area contributed by atoms with Crippen molar-refractivity contribution in [2.45, 2.75) is 83.2 Å². The van der Waals surface area contributed by atoms with Crippen LogP contribution < -0.4 is 0 Å². The number of amides is 1. The van der Waals surface area contributed by atoms with Gasteiger partial charge in [0.25, 0.3) is 0 Å². The van der Waals surface area contributed by atoms with Gasteiger partial charge in [-0.25, -0.2) is 9.78 Å². The number of hydrogen-bond donors (Lipinski definition) is 1. The van der Waals surface area contributed by atoms with Gasteiger partial charge in [-0.05, 0) is 46.5 Å². The van der Waals surface area contributed by atoms with E-state index in [-0.39, 0.29) is 6.09 Å². The van der Waals surface area contributed by atoms with Crippen molar-refractivity contribution in [1.29, 1.82) is 0 Å². The summed E-state index contributed by atoms with van der Waals surface area (Å²) >= 11 is 0. The van der Waals surface area contributed by atoms with Gasteiger partial charge in [0.1, 0.15) is 11.4 Å². The lowest BCUT2D eigenvalue weighted by Crippen LogP contribution is -2.41. The van der Waals surface area contributed by atoms with E-state index in [9.17, 15) is 4.79 Å². The third-order valence-corrected chi connectivity index (χ3v) is 5.19. The largest absolute Gasteiger partial charge is 0.444 e. The van der Waals surface area contributed by atoms with Crippen LogP contribution in [0.2, 0.25) is 0 Å². The first-order chi connectivity index (χ1) is 11.4. The van der Waals surface area contributed by atoms with Crippen LogP contribution in [0.15, 0.2) is 6.20 Å². The van der Waals surface area contributed by atoms with Crippen molar-refractivity contribution in [3.63, 3.8) is 0 Å². The summed E-state index contributed by atoms with van der Waals surface area (Å²) in [5.74, 6) is 2.21. The van der Waals surface area contributed by atoms with Gasteiger partial charge in [-0.1, -0.05) is 19.3 Å². The van der Waals surface area contributed by atoms with Crippen LogP contribution in [0.1, 0.15) is 89.1 Å².